The average Bonchev–Trinajstić information content (AvgIpc) is 2.43. The van der Waals surface area contributed by atoms with Gasteiger partial charge in [0.2, 0.25) is 0 Å². The van der Waals surface area contributed by atoms with Crippen molar-refractivity contribution < 1.29 is 19.4 Å². The molecule has 110 valence electrons. The quantitative estimate of drug-likeness (QED) is 0.702. The van der Waals surface area contributed by atoms with Crippen molar-refractivity contribution in [1.29, 1.82) is 0 Å². The summed E-state index contributed by atoms with van der Waals surface area (Å²) < 4.78 is 4.84. The van der Waals surface area contributed by atoms with E-state index in [9.17, 15) is 9.59 Å². The molecule has 2 N–H and O–H groups in total. The van der Waals surface area contributed by atoms with E-state index in [1.807, 2.05) is 0 Å². The lowest BCUT2D eigenvalue weighted by Gasteiger charge is -2.34. The van der Waals surface area contributed by atoms with Crippen LogP contribution in [0.15, 0.2) is 0 Å². The molecule has 7 heteroatoms. The van der Waals surface area contributed by atoms with E-state index in [4.69, 9.17) is 9.84 Å². The molecule has 0 aromatic heterocycles. The summed E-state index contributed by atoms with van der Waals surface area (Å²) >= 11 is 0. The smallest absolute Gasteiger partial charge is 0.326 e. The number of rotatable bonds is 6. The number of carbonyl (C=O) groups excluding carboxylic acids is 1. The highest BCUT2D eigenvalue weighted by Crippen LogP contribution is 2.03. The van der Waals surface area contributed by atoms with Crippen LogP contribution in [0.5, 0.6) is 0 Å². The van der Waals surface area contributed by atoms with Crippen molar-refractivity contribution in [3.63, 3.8) is 0 Å². The SMILES string of the molecule is CCN1CCN(C(=O)NC(CCOC)C(=O)O)CC1. The summed E-state index contributed by atoms with van der Waals surface area (Å²) in [6, 6.07) is -1.20. The van der Waals surface area contributed by atoms with Crippen molar-refractivity contribution in [1.82, 2.24) is 15.1 Å². The Morgan fingerprint density at radius 1 is 1.32 bits per heavy atom. The molecule has 1 saturated heterocycles. The standard InChI is InChI=1S/C12H23N3O4/c1-3-14-5-7-15(8-6-14)12(18)13-10(11(16)17)4-9-19-2/h10H,3-9H2,1-2H3,(H,13,18)(H,16,17). The summed E-state index contributed by atoms with van der Waals surface area (Å²) in [6.07, 6.45) is 0.270. The molecule has 0 radical (unpaired) electrons. The van der Waals surface area contributed by atoms with Gasteiger partial charge < -0.3 is 25.0 Å². The minimum absolute atomic E-state index is 0.270. The Morgan fingerprint density at radius 3 is 2.42 bits per heavy atom. The molecule has 0 aromatic carbocycles. The summed E-state index contributed by atoms with van der Waals surface area (Å²) in [5.74, 6) is -1.03. The first kappa shape index (κ1) is 15.7. The van der Waals surface area contributed by atoms with Gasteiger partial charge in [-0.15, -0.1) is 0 Å². The van der Waals surface area contributed by atoms with Gasteiger partial charge in [-0.3, -0.25) is 0 Å². The number of carboxylic acids is 1. The normalized spacial score (nSPS) is 18.1. The van der Waals surface area contributed by atoms with E-state index in [1.54, 1.807) is 4.90 Å². The van der Waals surface area contributed by atoms with Crippen molar-refractivity contribution in [3.8, 4) is 0 Å². The van der Waals surface area contributed by atoms with Crippen molar-refractivity contribution in [2.75, 3.05) is 46.4 Å². The molecule has 7 nitrogen and oxygen atoms in total. The lowest BCUT2D eigenvalue weighted by atomic mass is 10.2. The number of nitrogens with one attached hydrogen (secondary N) is 1. The maximum atomic E-state index is 12.0. The predicted octanol–water partition coefficient (Wildman–Crippen LogP) is -0.177. The highest BCUT2D eigenvalue weighted by Gasteiger charge is 2.25. The molecule has 0 aliphatic carbocycles. The van der Waals surface area contributed by atoms with Crippen LogP contribution in [0, 0.1) is 0 Å². The molecule has 1 aliphatic rings. The molecule has 19 heavy (non-hydrogen) atoms. The summed E-state index contributed by atoms with van der Waals surface area (Å²) in [4.78, 5) is 26.9. The number of hydrogen-bond acceptors (Lipinski definition) is 4. The zero-order valence-corrected chi connectivity index (χ0v) is 11.6. The highest BCUT2D eigenvalue weighted by atomic mass is 16.5. The second kappa shape index (κ2) is 7.96. The number of hydrogen-bond donors (Lipinski definition) is 2. The third-order valence-electron chi connectivity index (χ3n) is 3.31. The molecule has 1 heterocycles. The number of carboxylic acid groups (broad SMARTS) is 1. The molecular formula is C12H23N3O4. The van der Waals surface area contributed by atoms with Crippen molar-refractivity contribution in [2.45, 2.75) is 19.4 Å². The molecule has 0 aromatic rings. The van der Waals surface area contributed by atoms with Gasteiger partial charge in [0.1, 0.15) is 6.04 Å². The fourth-order valence-electron chi connectivity index (χ4n) is 2.00. The Labute approximate surface area is 113 Å². The third kappa shape index (κ3) is 5.04. The first-order chi connectivity index (χ1) is 9.08. The number of ether oxygens (including phenoxy) is 1. The number of methoxy groups -OCH3 is 1. The maximum Gasteiger partial charge on any atom is 0.326 e. The van der Waals surface area contributed by atoms with Gasteiger partial charge in [-0.2, -0.15) is 0 Å². The van der Waals surface area contributed by atoms with Crippen LogP contribution in [0.2, 0.25) is 0 Å². The van der Waals surface area contributed by atoms with Gasteiger partial charge in [0, 0.05) is 46.3 Å². The number of aliphatic carboxylic acids is 1. The maximum absolute atomic E-state index is 12.0. The highest BCUT2D eigenvalue weighted by molar-refractivity contribution is 5.82. The van der Waals surface area contributed by atoms with E-state index in [-0.39, 0.29) is 12.5 Å². The van der Waals surface area contributed by atoms with Gasteiger partial charge in [0.05, 0.1) is 0 Å². The molecular weight excluding hydrogens is 250 g/mol. The van der Waals surface area contributed by atoms with E-state index < -0.39 is 12.0 Å². The van der Waals surface area contributed by atoms with Gasteiger partial charge in [-0.25, -0.2) is 9.59 Å². The number of amides is 2. The lowest BCUT2D eigenvalue weighted by Crippen LogP contribution is -2.54. The molecule has 1 atom stereocenters. The molecule has 0 spiro atoms. The second-order valence-corrected chi connectivity index (χ2v) is 4.54. The predicted molar refractivity (Wildman–Crippen MR) is 70.1 cm³/mol. The van der Waals surface area contributed by atoms with E-state index >= 15 is 0 Å². The van der Waals surface area contributed by atoms with Gasteiger partial charge in [-0.05, 0) is 6.54 Å². The Kier molecular flexibility index (Phi) is 6.58. The van der Waals surface area contributed by atoms with Crippen molar-refractivity contribution in [3.05, 3.63) is 0 Å². The number of carbonyl (C=O) groups is 2. The fourth-order valence-corrected chi connectivity index (χ4v) is 2.00. The number of piperazine rings is 1. The van der Waals surface area contributed by atoms with E-state index in [0.717, 1.165) is 19.6 Å². The third-order valence-corrected chi connectivity index (χ3v) is 3.31. The van der Waals surface area contributed by atoms with Gasteiger partial charge in [0.15, 0.2) is 0 Å². The van der Waals surface area contributed by atoms with Crippen LogP contribution in [0.25, 0.3) is 0 Å². The van der Waals surface area contributed by atoms with Crippen LogP contribution >= 0.6 is 0 Å². The average molecular weight is 273 g/mol. The molecule has 1 aliphatic heterocycles. The number of likely N-dealkylation sites (N-methyl/N-ethyl adjacent to an activating group) is 1. The van der Waals surface area contributed by atoms with Crippen molar-refractivity contribution in [2.24, 2.45) is 0 Å². The van der Waals surface area contributed by atoms with E-state index in [1.165, 1.54) is 7.11 Å². The first-order valence-corrected chi connectivity index (χ1v) is 6.58. The lowest BCUT2D eigenvalue weighted by molar-refractivity contribution is -0.139. The number of urea groups is 1. The molecule has 1 fully saturated rings. The summed E-state index contributed by atoms with van der Waals surface area (Å²) in [5, 5.41) is 11.6. The monoisotopic (exact) mass is 273 g/mol. The summed E-state index contributed by atoms with van der Waals surface area (Å²) in [5.41, 5.74) is 0. The first-order valence-electron chi connectivity index (χ1n) is 6.58. The molecule has 1 unspecified atom stereocenters. The molecule has 0 saturated carbocycles. The largest absolute Gasteiger partial charge is 0.480 e. The van der Waals surface area contributed by atoms with Gasteiger partial charge in [-0.1, -0.05) is 6.92 Å². The number of nitrogens with zero attached hydrogens (tertiary/aromatic N) is 2. The molecule has 1 rings (SSSR count). The Morgan fingerprint density at radius 2 is 1.95 bits per heavy atom. The van der Waals surface area contributed by atoms with Gasteiger partial charge in [0.25, 0.3) is 0 Å². The zero-order valence-electron chi connectivity index (χ0n) is 11.6. The summed E-state index contributed by atoms with van der Waals surface area (Å²) in [6.45, 7) is 6.30. The Balaban J connectivity index is 2.42. The van der Waals surface area contributed by atoms with Crippen LogP contribution in [-0.4, -0.2) is 79.4 Å². The fraction of sp³-hybridized carbons (Fsp3) is 0.833. The zero-order chi connectivity index (χ0) is 14.3. The minimum atomic E-state index is -1.03. The Bertz CT molecular complexity index is 303. The van der Waals surface area contributed by atoms with Crippen LogP contribution < -0.4 is 5.32 Å². The molecule has 2 amide bonds. The topological polar surface area (TPSA) is 82.1 Å². The molecule has 0 bridgehead atoms. The van der Waals surface area contributed by atoms with Crippen LogP contribution in [0.3, 0.4) is 0 Å². The van der Waals surface area contributed by atoms with Crippen molar-refractivity contribution >= 4 is 12.0 Å². The second-order valence-electron chi connectivity index (χ2n) is 4.54. The minimum Gasteiger partial charge on any atom is -0.480 e. The van der Waals surface area contributed by atoms with E-state index in [0.29, 0.717) is 19.7 Å². The van der Waals surface area contributed by atoms with Gasteiger partial charge >= 0.3 is 12.0 Å². The summed E-state index contributed by atoms with van der Waals surface area (Å²) in [7, 11) is 1.50. The van der Waals surface area contributed by atoms with E-state index in [2.05, 4.69) is 17.1 Å². The van der Waals surface area contributed by atoms with Crippen LogP contribution in [0.4, 0.5) is 4.79 Å². The van der Waals surface area contributed by atoms with Crippen LogP contribution in [-0.2, 0) is 9.53 Å². The Hall–Kier alpha value is -1.34. The van der Waals surface area contributed by atoms with Crippen LogP contribution in [0.1, 0.15) is 13.3 Å².